The average Bonchev–Trinajstić information content (AvgIpc) is 3.20. The molecule has 1 aliphatic carbocycles. The molecular weight excluding hydrogens is 522 g/mol. The van der Waals surface area contributed by atoms with Crippen LogP contribution in [0.5, 0.6) is 0 Å². The summed E-state index contributed by atoms with van der Waals surface area (Å²) < 4.78 is 7.84. The minimum atomic E-state index is -1.14. The Hall–Kier alpha value is -2.69. The summed E-state index contributed by atoms with van der Waals surface area (Å²) in [4.78, 5) is 27.7. The van der Waals surface area contributed by atoms with Crippen LogP contribution in [-0.2, 0) is 16.3 Å². The van der Waals surface area contributed by atoms with Gasteiger partial charge in [-0.05, 0) is 62.8 Å². The number of aryl methyl sites for hydroxylation is 1. The summed E-state index contributed by atoms with van der Waals surface area (Å²) in [5, 5.41) is 19.8. The van der Waals surface area contributed by atoms with Gasteiger partial charge in [-0.15, -0.1) is 0 Å². The zero-order valence-corrected chi connectivity index (χ0v) is 26.3. The molecule has 3 rings (SSSR count). The molecule has 1 aliphatic rings. The molecule has 3 amide bonds. The number of ether oxygens (including phenoxy) is 1. The van der Waals surface area contributed by atoms with Crippen LogP contribution in [0.1, 0.15) is 49.9 Å². The largest absolute Gasteiger partial charge is 0.396 e. The Morgan fingerprint density at radius 3 is 2.45 bits per heavy atom. The van der Waals surface area contributed by atoms with E-state index in [0.29, 0.717) is 25.4 Å². The lowest BCUT2D eigenvalue weighted by Gasteiger charge is -2.31. The van der Waals surface area contributed by atoms with Crippen molar-refractivity contribution in [2.45, 2.75) is 90.8 Å². The molecule has 3 N–H and O–H groups in total. The summed E-state index contributed by atoms with van der Waals surface area (Å²) in [7, 11) is 0.550. The van der Waals surface area contributed by atoms with Crippen molar-refractivity contribution in [2.75, 3.05) is 32.1 Å². The third-order valence-electron chi connectivity index (χ3n) is 7.71. The van der Waals surface area contributed by atoms with Crippen molar-refractivity contribution in [3.8, 4) is 11.1 Å². The minimum Gasteiger partial charge on any atom is -0.396 e. The number of hydrogen-bond donors (Lipinski definition) is 3. The van der Waals surface area contributed by atoms with Gasteiger partial charge in [-0.3, -0.25) is 4.79 Å². The molecule has 0 bridgehead atoms. The van der Waals surface area contributed by atoms with Crippen molar-refractivity contribution in [2.24, 2.45) is 5.92 Å². The van der Waals surface area contributed by atoms with E-state index in [1.54, 1.807) is 7.05 Å². The average molecular weight is 572 g/mol. The third-order valence-corrected chi connectivity index (χ3v) is 9.42. The molecule has 9 nitrogen and oxygen atoms in total. The Kier molecular flexibility index (Phi) is 11.8. The molecule has 2 aromatic rings. The molecule has 0 unspecified atom stereocenters. The lowest BCUT2D eigenvalue weighted by atomic mass is 9.83. The number of nitrogens with zero attached hydrogens (tertiary/aromatic N) is 3. The Morgan fingerprint density at radius 1 is 1.15 bits per heavy atom. The van der Waals surface area contributed by atoms with Crippen LogP contribution in [0.3, 0.4) is 0 Å². The summed E-state index contributed by atoms with van der Waals surface area (Å²) in [5.74, 6) is -0.0912. The lowest BCUT2D eigenvalue weighted by Crippen LogP contribution is -2.52. The molecule has 1 aromatic heterocycles. The van der Waals surface area contributed by atoms with E-state index in [-0.39, 0.29) is 24.5 Å². The van der Waals surface area contributed by atoms with E-state index in [2.05, 4.69) is 37.2 Å². The van der Waals surface area contributed by atoms with E-state index in [1.165, 1.54) is 4.90 Å². The van der Waals surface area contributed by atoms with Crippen LogP contribution in [0.4, 0.5) is 10.5 Å². The van der Waals surface area contributed by atoms with Crippen LogP contribution in [-0.4, -0.2) is 72.6 Å². The monoisotopic (exact) mass is 571 g/mol. The zero-order chi connectivity index (χ0) is 29.3. The summed E-state index contributed by atoms with van der Waals surface area (Å²) in [5.41, 5.74) is 4.78. The number of rotatable bonds is 13. The molecule has 0 radical (unpaired) electrons. The highest BCUT2D eigenvalue weighted by Crippen LogP contribution is 2.30. The molecule has 1 saturated carbocycles. The number of amides is 3. The van der Waals surface area contributed by atoms with Gasteiger partial charge < -0.3 is 25.4 Å². The highest BCUT2D eigenvalue weighted by atomic mass is 28.3. The molecule has 1 heterocycles. The number of carbonyl (C=O) groups is 2. The van der Waals surface area contributed by atoms with E-state index in [0.717, 1.165) is 67.3 Å². The maximum absolute atomic E-state index is 13.4. The Balaban J connectivity index is 1.67. The van der Waals surface area contributed by atoms with Crippen LogP contribution in [0, 0.1) is 19.8 Å². The van der Waals surface area contributed by atoms with Gasteiger partial charge >= 0.3 is 6.03 Å². The van der Waals surface area contributed by atoms with Crippen LogP contribution in [0.25, 0.3) is 11.1 Å². The maximum Gasteiger partial charge on any atom is 0.317 e. The minimum absolute atomic E-state index is 0.0203. The number of urea groups is 1. The topological polar surface area (TPSA) is 109 Å². The first-order valence-corrected chi connectivity index (χ1v) is 18.4. The molecule has 1 atom stereocenters. The van der Waals surface area contributed by atoms with Gasteiger partial charge in [0.05, 0.1) is 5.69 Å². The van der Waals surface area contributed by atoms with Crippen LogP contribution >= 0.6 is 0 Å². The van der Waals surface area contributed by atoms with Crippen LogP contribution < -0.4 is 10.6 Å². The number of benzene rings is 1. The van der Waals surface area contributed by atoms with Crippen molar-refractivity contribution < 1.29 is 19.4 Å². The van der Waals surface area contributed by atoms with Gasteiger partial charge in [0.2, 0.25) is 5.91 Å². The molecule has 0 aliphatic heterocycles. The normalized spacial score (nSPS) is 15.1. The molecule has 40 heavy (non-hydrogen) atoms. The van der Waals surface area contributed by atoms with Gasteiger partial charge in [0.1, 0.15) is 12.8 Å². The van der Waals surface area contributed by atoms with Gasteiger partial charge in [-0.25, -0.2) is 9.48 Å². The second-order valence-corrected chi connectivity index (χ2v) is 17.9. The highest BCUT2D eigenvalue weighted by molar-refractivity contribution is 6.76. The van der Waals surface area contributed by atoms with Crippen LogP contribution in [0.15, 0.2) is 24.3 Å². The fraction of sp³-hybridized carbons (Fsp3) is 0.633. The Bertz CT molecular complexity index is 1110. The number of anilines is 1. The van der Waals surface area contributed by atoms with E-state index in [1.807, 2.05) is 35.9 Å². The summed E-state index contributed by atoms with van der Waals surface area (Å²) in [6, 6.07) is 8.04. The lowest BCUT2D eigenvalue weighted by molar-refractivity contribution is -0.119. The SMILES string of the molecule is Cc1nn(COCC[Si](C)(C)C)c(C)c1-c1ccc(NC(=O)[C@@H](NC(=O)N(C)CCCO)C2CCCCC2)cc1. The van der Waals surface area contributed by atoms with E-state index in [9.17, 15) is 9.59 Å². The van der Waals surface area contributed by atoms with E-state index in [4.69, 9.17) is 14.9 Å². The predicted molar refractivity (Wildman–Crippen MR) is 163 cm³/mol. The second kappa shape index (κ2) is 14.8. The first-order chi connectivity index (χ1) is 19.0. The van der Waals surface area contributed by atoms with Crippen molar-refractivity contribution in [1.82, 2.24) is 20.0 Å². The standard InChI is InChI=1S/C30H49N5O4Si/c1-22-27(23(2)35(33-22)21-39-19-20-40(4,5)6)24-13-15-26(16-14-24)31-29(37)28(25-11-8-7-9-12-25)32-30(38)34(3)17-10-18-36/h13-16,25,28,36H,7-12,17-21H2,1-6H3,(H,31,37)(H,32,38)/t28-/m0/s1. The predicted octanol–water partition coefficient (Wildman–Crippen LogP) is 5.39. The van der Waals surface area contributed by atoms with Crippen molar-refractivity contribution in [3.05, 3.63) is 35.7 Å². The third kappa shape index (κ3) is 9.17. The quantitative estimate of drug-likeness (QED) is 0.221. The van der Waals surface area contributed by atoms with Crippen LogP contribution in [0.2, 0.25) is 25.7 Å². The highest BCUT2D eigenvalue weighted by Gasteiger charge is 2.32. The first kappa shape index (κ1) is 31.8. The summed E-state index contributed by atoms with van der Waals surface area (Å²) >= 11 is 0. The molecule has 1 fully saturated rings. The van der Waals surface area contributed by atoms with Gasteiger partial charge in [-0.1, -0.05) is 51.0 Å². The Labute approximate surface area is 240 Å². The fourth-order valence-corrected chi connectivity index (χ4v) is 5.98. The van der Waals surface area contributed by atoms with Gasteiger partial charge in [0.15, 0.2) is 0 Å². The molecule has 0 spiro atoms. The van der Waals surface area contributed by atoms with Gasteiger partial charge in [0, 0.05) is 51.8 Å². The summed E-state index contributed by atoms with van der Waals surface area (Å²) in [6.07, 6.45) is 5.63. The Morgan fingerprint density at radius 2 is 1.82 bits per heavy atom. The summed E-state index contributed by atoms with van der Waals surface area (Å²) in [6.45, 7) is 12.7. The number of hydrogen-bond acceptors (Lipinski definition) is 5. The number of aliphatic hydroxyl groups is 1. The van der Waals surface area contributed by atoms with Crippen molar-refractivity contribution in [3.63, 3.8) is 0 Å². The number of aromatic nitrogens is 2. The fourth-order valence-electron chi connectivity index (χ4n) is 5.23. The zero-order valence-electron chi connectivity index (χ0n) is 25.3. The van der Waals surface area contributed by atoms with Crippen molar-refractivity contribution >= 4 is 25.7 Å². The number of nitrogens with one attached hydrogen (secondary N) is 2. The molecule has 0 saturated heterocycles. The number of carbonyl (C=O) groups excluding carboxylic acids is 2. The second-order valence-electron chi connectivity index (χ2n) is 12.3. The molecular formula is C30H49N5O4Si. The van der Waals surface area contributed by atoms with E-state index < -0.39 is 14.1 Å². The van der Waals surface area contributed by atoms with Gasteiger partial charge in [0.25, 0.3) is 0 Å². The molecule has 1 aromatic carbocycles. The molecule has 10 heteroatoms. The first-order valence-electron chi connectivity index (χ1n) is 14.7. The smallest absolute Gasteiger partial charge is 0.317 e. The maximum atomic E-state index is 13.4. The molecule has 222 valence electrons. The van der Waals surface area contributed by atoms with Gasteiger partial charge in [-0.2, -0.15) is 5.10 Å². The van der Waals surface area contributed by atoms with E-state index >= 15 is 0 Å². The van der Waals surface area contributed by atoms with Crippen molar-refractivity contribution in [1.29, 1.82) is 0 Å². The number of aliphatic hydroxyl groups excluding tert-OH is 1.